The van der Waals surface area contributed by atoms with Gasteiger partial charge in [-0.25, -0.2) is 0 Å². The first-order chi connectivity index (χ1) is 14.7. The zero-order chi connectivity index (χ0) is 21.4. The molecule has 30 heavy (non-hydrogen) atoms. The zero-order valence-electron chi connectivity index (χ0n) is 17.4. The number of nitrogens with zero attached hydrogens (tertiary/aromatic N) is 3. The van der Waals surface area contributed by atoms with Crippen LogP contribution in [-0.2, 0) is 16.0 Å². The van der Waals surface area contributed by atoms with Gasteiger partial charge in [0.2, 0.25) is 11.9 Å². The fourth-order valence-electron chi connectivity index (χ4n) is 2.31. The quantitative estimate of drug-likeness (QED) is 0.310. The SMILES string of the molecule is CCCCOc1nc(NCCOCCOCCN)nc(NCc2ccc(Br)cc2)n1. The molecule has 0 amide bonds. The second-order valence-corrected chi connectivity index (χ2v) is 7.30. The number of hydrogen-bond acceptors (Lipinski definition) is 9. The molecule has 0 radical (unpaired) electrons. The molecule has 0 aliphatic rings. The van der Waals surface area contributed by atoms with Crippen LogP contribution < -0.4 is 21.1 Å². The summed E-state index contributed by atoms with van der Waals surface area (Å²) in [5.74, 6) is 0.899. The highest BCUT2D eigenvalue weighted by molar-refractivity contribution is 9.10. The molecule has 2 rings (SSSR count). The Morgan fingerprint density at radius 3 is 2.30 bits per heavy atom. The summed E-state index contributed by atoms with van der Waals surface area (Å²) in [4.78, 5) is 13.1. The molecule has 9 nitrogen and oxygen atoms in total. The Morgan fingerprint density at radius 2 is 1.60 bits per heavy atom. The molecule has 0 bridgehead atoms. The molecule has 0 fully saturated rings. The molecule has 0 spiro atoms. The lowest BCUT2D eigenvalue weighted by atomic mass is 10.2. The van der Waals surface area contributed by atoms with E-state index in [2.05, 4.69) is 48.4 Å². The summed E-state index contributed by atoms with van der Waals surface area (Å²) in [6.07, 6.45) is 1.98. The summed E-state index contributed by atoms with van der Waals surface area (Å²) in [6, 6.07) is 8.36. The van der Waals surface area contributed by atoms with Crippen LogP contribution in [0.25, 0.3) is 0 Å². The Morgan fingerprint density at radius 1 is 0.900 bits per heavy atom. The van der Waals surface area contributed by atoms with E-state index in [-0.39, 0.29) is 0 Å². The Bertz CT molecular complexity index is 720. The van der Waals surface area contributed by atoms with Gasteiger partial charge in [-0.05, 0) is 24.1 Å². The van der Waals surface area contributed by atoms with E-state index in [1.165, 1.54) is 0 Å². The van der Waals surface area contributed by atoms with Crippen LogP contribution in [0.1, 0.15) is 25.3 Å². The maximum Gasteiger partial charge on any atom is 0.323 e. The molecule has 10 heteroatoms. The van der Waals surface area contributed by atoms with Gasteiger partial charge in [0.1, 0.15) is 0 Å². The van der Waals surface area contributed by atoms with Gasteiger partial charge in [-0.2, -0.15) is 15.0 Å². The smallest absolute Gasteiger partial charge is 0.323 e. The van der Waals surface area contributed by atoms with Crippen molar-refractivity contribution in [2.45, 2.75) is 26.3 Å². The second kappa shape index (κ2) is 14.9. The average molecular weight is 483 g/mol. The number of rotatable bonds is 16. The predicted octanol–water partition coefficient (Wildman–Crippen LogP) is 2.83. The molecule has 2 aromatic rings. The normalized spacial score (nSPS) is 10.8. The molecule has 0 unspecified atom stereocenters. The predicted molar refractivity (Wildman–Crippen MR) is 121 cm³/mol. The van der Waals surface area contributed by atoms with E-state index in [4.69, 9.17) is 19.9 Å². The summed E-state index contributed by atoms with van der Waals surface area (Å²) in [7, 11) is 0. The summed E-state index contributed by atoms with van der Waals surface area (Å²) < 4.78 is 17.5. The van der Waals surface area contributed by atoms with E-state index in [9.17, 15) is 0 Å². The van der Waals surface area contributed by atoms with Crippen LogP contribution in [0.2, 0.25) is 0 Å². The lowest BCUT2D eigenvalue weighted by Crippen LogP contribution is -2.17. The number of aromatic nitrogens is 3. The first-order valence-corrected chi connectivity index (χ1v) is 11.0. The number of unbranched alkanes of at least 4 members (excludes halogenated alkanes) is 1. The molecular formula is C20H31BrN6O3. The van der Waals surface area contributed by atoms with Gasteiger partial charge in [-0.1, -0.05) is 41.4 Å². The van der Waals surface area contributed by atoms with Crippen molar-refractivity contribution in [2.24, 2.45) is 5.73 Å². The van der Waals surface area contributed by atoms with E-state index in [0.29, 0.717) is 70.6 Å². The molecule has 0 saturated carbocycles. The van der Waals surface area contributed by atoms with Crippen molar-refractivity contribution in [3.05, 3.63) is 34.3 Å². The monoisotopic (exact) mass is 482 g/mol. The third-order valence-electron chi connectivity index (χ3n) is 3.87. The van der Waals surface area contributed by atoms with Crippen molar-refractivity contribution in [1.82, 2.24) is 15.0 Å². The van der Waals surface area contributed by atoms with Crippen molar-refractivity contribution >= 4 is 27.8 Å². The minimum Gasteiger partial charge on any atom is -0.463 e. The number of benzene rings is 1. The van der Waals surface area contributed by atoms with Crippen LogP contribution >= 0.6 is 15.9 Å². The van der Waals surface area contributed by atoms with Gasteiger partial charge in [0.15, 0.2) is 0 Å². The van der Waals surface area contributed by atoms with Gasteiger partial charge in [-0.15, -0.1) is 0 Å². The largest absolute Gasteiger partial charge is 0.463 e. The number of hydrogen-bond donors (Lipinski definition) is 3. The molecule has 0 aliphatic heterocycles. The van der Waals surface area contributed by atoms with Crippen LogP contribution in [0.5, 0.6) is 6.01 Å². The summed E-state index contributed by atoms with van der Waals surface area (Å²) >= 11 is 3.44. The van der Waals surface area contributed by atoms with Crippen LogP contribution in [0.4, 0.5) is 11.9 Å². The van der Waals surface area contributed by atoms with Gasteiger partial charge < -0.3 is 30.6 Å². The highest BCUT2D eigenvalue weighted by Crippen LogP contribution is 2.14. The van der Waals surface area contributed by atoms with Gasteiger partial charge in [0, 0.05) is 24.1 Å². The van der Waals surface area contributed by atoms with E-state index in [0.717, 1.165) is 22.9 Å². The molecule has 0 saturated heterocycles. The van der Waals surface area contributed by atoms with Crippen molar-refractivity contribution in [3.63, 3.8) is 0 Å². The summed E-state index contributed by atoms with van der Waals surface area (Å²) in [5, 5.41) is 6.38. The molecule has 1 aromatic carbocycles. The standard InChI is InChI=1S/C20H31BrN6O3/c1-2-3-10-30-20-26-18(23-9-12-29-14-13-28-11-8-22)25-19(27-20)24-15-16-4-6-17(21)7-5-16/h4-7H,2-3,8-15,22H2,1H3,(H2,23,24,25,26,27). The number of nitrogens with one attached hydrogen (secondary N) is 2. The van der Waals surface area contributed by atoms with E-state index >= 15 is 0 Å². The molecule has 0 aliphatic carbocycles. The van der Waals surface area contributed by atoms with Crippen LogP contribution in [0.3, 0.4) is 0 Å². The van der Waals surface area contributed by atoms with Crippen molar-refractivity contribution < 1.29 is 14.2 Å². The van der Waals surface area contributed by atoms with Crippen LogP contribution in [0.15, 0.2) is 28.7 Å². The number of halogens is 1. The topological polar surface area (TPSA) is 116 Å². The van der Waals surface area contributed by atoms with E-state index in [1.54, 1.807) is 0 Å². The minimum absolute atomic E-state index is 0.301. The van der Waals surface area contributed by atoms with Crippen molar-refractivity contribution in [2.75, 3.05) is 56.8 Å². The van der Waals surface area contributed by atoms with Crippen LogP contribution in [-0.4, -0.2) is 61.1 Å². The van der Waals surface area contributed by atoms with Crippen LogP contribution in [0, 0.1) is 0 Å². The molecule has 0 atom stereocenters. The maximum atomic E-state index is 5.67. The Hall–Kier alpha value is -2.01. The third kappa shape index (κ3) is 10.1. The minimum atomic E-state index is 0.301. The maximum absolute atomic E-state index is 5.67. The van der Waals surface area contributed by atoms with Crippen molar-refractivity contribution in [3.8, 4) is 6.01 Å². The molecule has 1 aromatic heterocycles. The summed E-state index contributed by atoms with van der Waals surface area (Å²) in [6.45, 7) is 6.44. The highest BCUT2D eigenvalue weighted by Gasteiger charge is 2.08. The number of nitrogens with two attached hydrogens (primary N) is 1. The molecule has 4 N–H and O–H groups in total. The molecular weight excluding hydrogens is 452 g/mol. The summed E-state index contributed by atoms with van der Waals surface area (Å²) in [5.41, 5.74) is 6.48. The second-order valence-electron chi connectivity index (χ2n) is 6.39. The lowest BCUT2D eigenvalue weighted by molar-refractivity contribution is 0.0547. The third-order valence-corrected chi connectivity index (χ3v) is 4.40. The Labute approximate surface area is 186 Å². The molecule has 1 heterocycles. The zero-order valence-corrected chi connectivity index (χ0v) is 19.0. The first-order valence-electron chi connectivity index (χ1n) is 10.2. The highest BCUT2D eigenvalue weighted by atomic mass is 79.9. The Kier molecular flexibility index (Phi) is 12.0. The number of ether oxygens (including phenoxy) is 3. The lowest BCUT2D eigenvalue weighted by Gasteiger charge is -2.11. The van der Waals surface area contributed by atoms with Crippen molar-refractivity contribution in [1.29, 1.82) is 0 Å². The van der Waals surface area contributed by atoms with Gasteiger partial charge in [0.25, 0.3) is 0 Å². The van der Waals surface area contributed by atoms with E-state index in [1.807, 2.05) is 24.3 Å². The fourth-order valence-corrected chi connectivity index (χ4v) is 2.57. The molecule has 166 valence electrons. The average Bonchev–Trinajstić information content (AvgIpc) is 2.75. The fraction of sp³-hybridized carbons (Fsp3) is 0.550. The van der Waals surface area contributed by atoms with E-state index < -0.39 is 0 Å². The number of anilines is 2. The first kappa shape index (κ1) is 24.3. The Balaban J connectivity index is 1.86. The van der Waals surface area contributed by atoms with Gasteiger partial charge in [-0.3, -0.25) is 0 Å². The van der Waals surface area contributed by atoms with Gasteiger partial charge in [0.05, 0.1) is 33.0 Å². The van der Waals surface area contributed by atoms with Gasteiger partial charge >= 0.3 is 6.01 Å².